The van der Waals surface area contributed by atoms with Crippen LogP contribution in [0.5, 0.6) is 0 Å². The molecule has 1 aliphatic heterocycles. The monoisotopic (exact) mass is 409 g/mol. The van der Waals surface area contributed by atoms with Gasteiger partial charge in [0.2, 0.25) is 5.91 Å². The van der Waals surface area contributed by atoms with Gasteiger partial charge in [0.25, 0.3) is 5.56 Å². The molecular weight excluding hydrogens is 382 g/mol. The lowest BCUT2D eigenvalue weighted by atomic mass is 10.2. The van der Waals surface area contributed by atoms with Crippen LogP contribution in [0.25, 0.3) is 10.2 Å². The third-order valence-electron chi connectivity index (χ3n) is 4.64. The summed E-state index contributed by atoms with van der Waals surface area (Å²) >= 11 is 2.91. The predicted molar refractivity (Wildman–Crippen MR) is 111 cm³/mol. The Kier molecular flexibility index (Phi) is 6.94. The number of carbonyl (C=O) groups excluding carboxylic acids is 1. The van der Waals surface area contributed by atoms with E-state index < -0.39 is 0 Å². The smallest absolute Gasteiger partial charge is 0.262 e. The average Bonchev–Trinajstić information content (AvgIpc) is 3.32. The van der Waals surface area contributed by atoms with Gasteiger partial charge in [-0.25, -0.2) is 4.98 Å². The molecule has 0 bridgehead atoms. The molecule has 2 aromatic heterocycles. The molecule has 0 unspecified atom stereocenters. The van der Waals surface area contributed by atoms with E-state index in [1.165, 1.54) is 11.8 Å². The van der Waals surface area contributed by atoms with Gasteiger partial charge in [0.05, 0.1) is 16.7 Å². The Hall–Kier alpha value is -1.38. The molecular formula is C19H27N3O3S2. The van der Waals surface area contributed by atoms with Crippen molar-refractivity contribution < 1.29 is 9.53 Å². The number of ether oxygens (including phenoxy) is 1. The van der Waals surface area contributed by atoms with E-state index in [0.29, 0.717) is 23.6 Å². The van der Waals surface area contributed by atoms with Gasteiger partial charge in [0.1, 0.15) is 4.83 Å². The molecule has 0 saturated carbocycles. The lowest BCUT2D eigenvalue weighted by Crippen LogP contribution is -2.37. The van der Waals surface area contributed by atoms with Gasteiger partial charge in [-0.15, -0.1) is 11.3 Å². The van der Waals surface area contributed by atoms with Gasteiger partial charge in [-0.2, -0.15) is 0 Å². The summed E-state index contributed by atoms with van der Waals surface area (Å²) in [5, 5.41) is 3.94. The Morgan fingerprint density at radius 3 is 3.00 bits per heavy atom. The van der Waals surface area contributed by atoms with Crippen molar-refractivity contribution in [2.75, 3.05) is 13.2 Å². The van der Waals surface area contributed by atoms with Crippen LogP contribution in [0.2, 0.25) is 0 Å². The topological polar surface area (TPSA) is 73.2 Å². The van der Waals surface area contributed by atoms with Crippen LogP contribution >= 0.6 is 23.1 Å². The van der Waals surface area contributed by atoms with E-state index in [1.807, 2.05) is 19.9 Å². The van der Waals surface area contributed by atoms with E-state index in [9.17, 15) is 9.59 Å². The number of thiophene rings is 1. The fourth-order valence-electron chi connectivity index (χ4n) is 3.11. The van der Waals surface area contributed by atoms with Crippen molar-refractivity contribution in [1.82, 2.24) is 14.9 Å². The van der Waals surface area contributed by atoms with Crippen LogP contribution in [0.3, 0.4) is 0 Å². The van der Waals surface area contributed by atoms with Gasteiger partial charge in [0, 0.05) is 24.6 Å². The van der Waals surface area contributed by atoms with Crippen molar-refractivity contribution in [3.8, 4) is 0 Å². The highest BCUT2D eigenvalue weighted by Crippen LogP contribution is 2.27. The van der Waals surface area contributed by atoms with Gasteiger partial charge in [0.15, 0.2) is 5.16 Å². The summed E-state index contributed by atoms with van der Waals surface area (Å²) < 4.78 is 7.26. The maximum atomic E-state index is 12.9. The van der Waals surface area contributed by atoms with Crippen LogP contribution in [-0.4, -0.2) is 40.0 Å². The van der Waals surface area contributed by atoms with Crippen molar-refractivity contribution in [3.63, 3.8) is 0 Å². The van der Waals surface area contributed by atoms with Crippen LogP contribution in [-0.2, 0) is 22.5 Å². The van der Waals surface area contributed by atoms with Crippen molar-refractivity contribution in [3.05, 3.63) is 21.3 Å². The summed E-state index contributed by atoms with van der Waals surface area (Å²) in [5.41, 5.74) is -0.00716. The van der Waals surface area contributed by atoms with Gasteiger partial charge >= 0.3 is 0 Å². The molecule has 27 heavy (non-hydrogen) atoms. The third kappa shape index (κ3) is 4.73. The average molecular weight is 410 g/mol. The molecule has 6 nitrogen and oxygen atoms in total. The standard InChI is InChI=1S/C19H27N3O3S2/c1-4-8-22-18(24)15-10-14(5-2)27-17(15)21-19(22)26-12(3)16(23)20-11-13-7-6-9-25-13/h10,12-13H,4-9,11H2,1-3H3,(H,20,23)/t12-,13-/m1/s1. The highest BCUT2D eigenvalue weighted by molar-refractivity contribution is 8.00. The first-order valence-corrected chi connectivity index (χ1v) is 11.3. The number of thioether (sulfide) groups is 1. The highest BCUT2D eigenvalue weighted by Gasteiger charge is 2.22. The van der Waals surface area contributed by atoms with E-state index in [4.69, 9.17) is 9.72 Å². The van der Waals surface area contributed by atoms with Gasteiger partial charge in [-0.3, -0.25) is 14.2 Å². The lowest BCUT2D eigenvalue weighted by molar-refractivity contribution is -0.120. The molecule has 8 heteroatoms. The molecule has 0 aliphatic carbocycles. The second kappa shape index (κ2) is 9.21. The number of fused-ring (bicyclic) bond motifs is 1. The summed E-state index contributed by atoms with van der Waals surface area (Å²) in [7, 11) is 0. The molecule has 1 fully saturated rings. The fraction of sp³-hybridized carbons (Fsp3) is 0.632. The summed E-state index contributed by atoms with van der Waals surface area (Å²) in [5.74, 6) is -0.0479. The van der Waals surface area contributed by atoms with Gasteiger partial charge in [-0.05, 0) is 38.7 Å². The van der Waals surface area contributed by atoms with Crippen LogP contribution in [0.15, 0.2) is 16.0 Å². The van der Waals surface area contributed by atoms with Crippen LogP contribution in [0, 0.1) is 0 Å². The minimum absolute atomic E-state index is 0.00716. The number of hydrogen-bond donors (Lipinski definition) is 1. The molecule has 0 radical (unpaired) electrons. The molecule has 3 heterocycles. The summed E-state index contributed by atoms with van der Waals surface area (Å²) in [6.07, 6.45) is 3.90. The number of rotatable bonds is 8. The maximum Gasteiger partial charge on any atom is 0.262 e. The molecule has 148 valence electrons. The number of aromatic nitrogens is 2. The Labute approximate surface area is 167 Å². The van der Waals surface area contributed by atoms with E-state index in [1.54, 1.807) is 15.9 Å². The summed E-state index contributed by atoms with van der Waals surface area (Å²) in [6.45, 7) is 7.89. The fourth-order valence-corrected chi connectivity index (χ4v) is 5.07. The molecule has 1 N–H and O–H groups in total. The number of aryl methyl sites for hydroxylation is 1. The normalized spacial score (nSPS) is 18.1. The third-order valence-corrected chi connectivity index (χ3v) is 6.91. The van der Waals surface area contributed by atoms with Gasteiger partial charge < -0.3 is 10.1 Å². The number of hydrogen-bond acceptors (Lipinski definition) is 6. The quantitative estimate of drug-likeness (QED) is 0.535. The predicted octanol–water partition coefficient (Wildman–Crippen LogP) is 3.21. The molecule has 1 aliphatic rings. The number of carbonyl (C=O) groups is 1. The number of nitrogens with one attached hydrogen (secondary N) is 1. The minimum atomic E-state index is -0.329. The van der Waals surface area contributed by atoms with E-state index >= 15 is 0 Å². The van der Waals surface area contributed by atoms with Crippen molar-refractivity contribution in [1.29, 1.82) is 0 Å². The molecule has 2 atom stereocenters. The first kappa shape index (κ1) is 20.4. The van der Waals surface area contributed by atoms with E-state index in [2.05, 4.69) is 12.2 Å². The summed E-state index contributed by atoms with van der Waals surface area (Å²) in [6, 6.07) is 1.95. The molecule has 1 saturated heterocycles. The van der Waals surface area contributed by atoms with E-state index in [0.717, 1.165) is 42.0 Å². The van der Waals surface area contributed by atoms with Crippen LogP contribution in [0.1, 0.15) is 44.9 Å². The minimum Gasteiger partial charge on any atom is -0.376 e. The molecule has 2 aromatic rings. The second-order valence-corrected chi connectivity index (χ2v) is 9.20. The van der Waals surface area contributed by atoms with Crippen LogP contribution in [0.4, 0.5) is 0 Å². The zero-order chi connectivity index (χ0) is 19.4. The molecule has 1 amide bonds. The summed E-state index contributed by atoms with van der Waals surface area (Å²) in [4.78, 5) is 32.0. The van der Waals surface area contributed by atoms with E-state index in [-0.39, 0.29) is 22.8 Å². The first-order valence-electron chi connectivity index (χ1n) is 9.62. The SMILES string of the molecule is CCCn1c(S[C@H](C)C(=O)NC[C@H]2CCCO2)nc2sc(CC)cc2c1=O. The van der Waals surface area contributed by atoms with Crippen LogP contribution < -0.4 is 10.9 Å². The zero-order valence-electron chi connectivity index (χ0n) is 16.1. The Morgan fingerprint density at radius 1 is 1.52 bits per heavy atom. The zero-order valence-corrected chi connectivity index (χ0v) is 17.8. The number of nitrogens with zero attached hydrogens (tertiary/aromatic N) is 2. The van der Waals surface area contributed by atoms with Gasteiger partial charge in [-0.1, -0.05) is 25.6 Å². The maximum absolute atomic E-state index is 12.9. The Bertz CT molecular complexity index is 856. The second-order valence-electron chi connectivity index (χ2n) is 6.78. The Morgan fingerprint density at radius 2 is 2.33 bits per heavy atom. The largest absolute Gasteiger partial charge is 0.376 e. The molecule has 0 aromatic carbocycles. The highest BCUT2D eigenvalue weighted by atomic mass is 32.2. The first-order chi connectivity index (χ1) is 13.0. The Balaban J connectivity index is 1.78. The van der Waals surface area contributed by atoms with Crippen molar-refractivity contribution in [2.24, 2.45) is 0 Å². The molecule has 3 rings (SSSR count). The van der Waals surface area contributed by atoms with Crippen molar-refractivity contribution in [2.45, 2.75) is 69.5 Å². The van der Waals surface area contributed by atoms with Crippen molar-refractivity contribution >= 4 is 39.2 Å². The molecule has 0 spiro atoms. The number of amides is 1. The lowest BCUT2D eigenvalue weighted by Gasteiger charge is -2.16.